The molecule has 1 saturated heterocycles. The molecule has 1 aliphatic heterocycles. The van der Waals surface area contributed by atoms with Crippen LogP contribution in [0.5, 0.6) is 0 Å². The molecule has 0 bridgehead atoms. The van der Waals surface area contributed by atoms with E-state index in [1.165, 1.54) is 52.0 Å². The number of hydrogen-bond acceptors (Lipinski definition) is 3. The van der Waals surface area contributed by atoms with E-state index in [4.69, 9.17) is 0 Å². The number of hydrogen-bond donors (Lipinski definition) is 1. The fourth-order valence-electron chi connectivity index (χ4n) is 2.80. The maximum Gasteiger partial charge on any atom is 0.0540 e. The summed E-state index contributed by atoms with van der Waals surface area (Å²) >= 11 is 0. The summed E-state index contributed by atoms with van der Waals surface area (Å²) in [6.07, 6.45) is 6.66. The molecule has 0 radical (unpaired) electrons. The van der Waals surface area contributed by atoms with Crippen molar-refractivity contribution >= 4 is 0 Å². The van der Waals surface area contributed by atoms with E-state index in [1.807, 2.05) is 0 Å². The summed E-state index contributed by atoms with van der Waals surface area (Å²) in [7, 11) is 2.20. The van der Waals surface area contributed by atoms with Gasteiger partial charge < -0.3 is 14.9 Å². The van der Waals surface area contributed by atoms with Gasteiger partial charge in [0.2, 0.25) is 0 Å². The Balaban J connectivity index is 1.95. The van der Waals surface area contributed by atoms with Crippen LogP contribution in [0, 0.1) is 5.41 Å². The Morgan fingerprint density at radius 2 is 1.55 bits per heavy atom. The molecule has 0 unspecified atom stereocenters. The second kappa shape index (κ2) is 9.01. The van der Waals surface area contributed by atoms with Crippen LogP contribution in [0.2, 0.25) is 0 Å². The molecule has 3 heteroatoms. The van der Waals surface area contributed by atoms with Crippen molar-refractivity contribution in [2.45, 2.75) is 65.4 Å². The van der Waals surface area contributed by atoms with E-state index in [0.29, 0.717) is 5.41 Å². The van der Waals surface area contributed by atoms with E-state index in [0.717, 1.165) is 19.3 Å². The van der Waals surface area contributed by atoms with Gasteiger partial charge in [-0.2, -0.15) is 0 Å². The van der Waals surface area contributed by atoms with Crippen LogP contribution >= 0.6 is 0 Å². The predicted octanol–water partition coefficient (Wildman–Crippen LogP) is 2.98. The van der Waals surface area contributed by atoms with E-state index >= 15 is 0 Å². The van der Waals surface area contributed by atoms with Crippen LogP contribution < -0.4 is 0 Å². The third kappa shape index (κ3) is 8.93. The van der Waals surface area contributed by atoms with Crippen molar-refractivity contribution in [1.29, 1.82) is 0 Å². The second-order valence-corrected chi connectivity index (χ2v) is 7.75. The second-order valence-electron chi connectivity index (χ2n) is 7.75. The standard InChI is InChI=1S/C17H36N2O/c1-17(2,3)10-7-9-16(20)8-5-6-11-19-14-12-18(4)13-15-19/h16,20H,5-15H2,1-4H3/t16-/m0/s1. The number of unbranched alkanes of at least 4 members (excludes halogenated alkanes) is 1. The molecule has 1 atom stereocenters. The predicted molar refractivity (Wildman–Crippen MR) is 87.1 cm³/mol. The molecule has 0 aromatic carbocycles. The Labute approximate surface area is 126 Å². The van der Waals surface area contributed by atoms with Crippen molar-refractivity contribution in [1.82, 2.24) is 9.80 Å². The number of rotatable bonds is 8. The van der Waals surface area contributed by atoms with Gasteiger partial charge in [-0.1, -0.05) is 27.2 Å². The molecule has 0 spiro atoms. The van der Waals surface area contributed by atoms with Crippen LogP contribution in [0.1, 0.15) is 59.3 Å². The normalized spacial score (nSPS) is 20.2. The van der Waals surface area contributed by atoms with Crippen LogP contribution in [-0.2, 0) is 0 Å². The van der Waals surface area contributed by atoms with Crippen molar-refractivity contribution in [3.8, 4) is 0 Å². The first kappa shape index (κ1) is 17.9. The Kier molecular flexibility index (Phi) is 8.08. The SMILES string of the molecule is CN1CCN(CCCC[C@H](O)CCCC(C)(C)C)CC1. The molecule has 1 aliphatic rings. The maximum atomic E-state index is 10.00. The molecule has 3 nitrogen and oxygen atoms in total. The lowest BCUT2D eigenvalue weighted by molar-refractivity contribution is 0.132. The molecular weight excluding hydrogens is 248 g/mol. The minimum atomic E-state index is -0.0789. The fraction of sp³-hybridized carbons (Fsp3) is 1.00. The maximum absolute atomic E-state index is 10.00. The minimum absolute atomic E-state index is 0.0789. The number of aliphatic hydroxyl groups excluding tert-OH is 1. The lowest BCUT2D eigenvalue weighted by atomic mass is 9.89. The highest BCUT2D eigenvalue weighted by Crippen LogP contribution is 2.22. The molecule has 0 amide bonds. The molecule has 120 valence electrons. The van der Waals surface area contributed by atoms with E-state index in [1.54, 1.807) is 0 Å². The van der Waals surface area contributed by atoms with Gasteiger partial charge in [-0.3, -0.25) is 0 Å². The molecule has 1 heterocycles. The van der Waals surface area contributed by atoms with Gasteiger partial charge in [-0.15, -0.1) is 0 Å². The molecule has 1 fully saturated rings. The summed E-state index contributed by atoms with van der Waals surface area (Å²) in [5, 5.41) is 10.00. The van der Waals surface area contributed by atoms with Gasteiger partial charge in [0, 0.05) is 26.2 Å². The third-order valence-electron chi connectivity index (χ3n) is 4.32. The lowest BCUT2D eigenvalue weighted by Gasteiger charge is -2.32. The van der Waals surface area contributed by atoms with Crippen molar-refractivity contribution in [3.05, 3.63) is 0 Å². The van der Waals surface area contributed by atoms with Crippen molar-refractivity contribution in [2.24, 2.45) is 5.41 Å². The first-order valence-electron chi connectivity index (χ1n) is 8.46. The molecular formula is C17H36N2O. The summed E-state index contributed by atoms with van der Waals surface area (Å²) < 4.78 is 0. The highest BCUT2D eigenvalue weighted by atomic mass is 16.3. The smallest absolute Gasteiger partial charge is 0.0540 e. The first-order valence-corrected chi connectivity index (χ1v) is 8.46. The van der Waals surface area contributed by atoms with E-state index in [2.05, 4.69) is 37.6 Å². The third-order valence-corrected chi connectivity index (χ3v) is 4.32. The van der Waals surface area contributed by atoms with Gasteiger partial charge >= 0.3 is 0 Å². The molecule has 20 heavy (non-hydrogen) atoms. The van der Waals surface area contributed by atoms with Crippen LogP contribution in [-0.4, -0.2) is 60.8 Å². The van der Waals surface area contributed by atoms with Crippen molar-refractivity contribution < 1.29 is 5.11 Å². The van der Waals surface area contributed by atoms with Gasteiger partial charge in [0.05, 0.1) is 6.10 Å². The van der Waals surface area contributed by atoms with Crippen LogP contribution in [0.3, 0.4) is 0 Å². The largest absolute Gasteiger partial charge is 0.393 e. The van der Waals surface area contributed by atoms with Crippen molar-refractivity contribution in [3.63, 3.8) is 0 Å². The highest BCUT2D eigenvalue weighted by molar-refractivity contribution is 4.69. The van der Waals surface area contributed by atoms with E-state index in [-0.39, 0.29) is 6.10 Å². The van der Waals surface area contributed by atoms with Gasteiger partial charge in [0.15, 0.2) is 0 Å². The van der Waals surface area contributed by atoms with Gasteiger partial charge in [-0.25, -0.2) is 0 Å². The quantitative estimate of drug-likeness (QED) is 0.694. The van der Waals surface area contributed by atoms with Crippen LogP contribution in [0.4, 0.5) is 0 Å². The number of likely N-dealkylation sites (N-methyl/N-ethyl adjacent to an activating group) is 1. The van der Waals surface area contributed by atoms with Gasteiger partial charge in [0.25, 0.3) is 0 Å². The first-order chi connectivity index (χ1) is 9.37. The zero-order valence-corrected chi connectivity index (χ0v) is 14.2. The molecule has 0 aromatic rings. The number of aliphatic hydroxyl groups is 1. The number of nitrogens with zero attached hydrogens (tertiary/aromatic N) is 2. The Hall–Kier alpha value is -0.120. The van der Waals surface area contributed by atoms with Gasteiger partial charge in [-0.05, 0) is 51.1 Å². The average Bonchev–Trinajstić information content (AvgIpc) is 2.35. The Morgan fingerprint density at radius 1 is 0.950 bits per heavy atom. The topological polar surface area (TPSA) is 26.7 Å². The highest BCUT2D eigenvalue weighted by Gasteiger charge is 2.14. The summed E-state index contributed by atoms with van der Waals surface area (Å²) in [5.41, 5.74) is 0.404. The Morgan fingerprint density at radius 3 is 2.15 bits per heavy atom. The zero-order chi connectivity index (χ0) is 15.0. The zero-order valence-electron chi connectivity index (χ0n) is 14.2. The molecule has 0 saturated carbocycles. The summed E-state index contributed by atoms with van der Waals surface area (Å²) in [4.78, 5) is 4.96. The monoisotopic (exact) mass is 284 g/mol. The summed E-state index contributed by atoms with van der Waals surface area (Å²) in [6, 6.07) is 0. The van der Waals surface area contributed by atoms with Gasteiger partial charge in [0.1, 0.15) is 0 Å². The van der Waals surface area contributed by atoms with Crippen molar-refractivity contribution in [2.75, 3.05) is 39.8 Å². The summed E-state index contributed by atoms with van der Waals surface area (Å²) in [6.45, 7) is 12.9. The van der Waals surface area contributed by atoms with E-state index < -0.39 is 0 Å². The molecule has 0 aliphatic carbocycles. The van der Waals surface area contributed by atoms with Crippen LogP contribution in [0.15, 0.2) is 0 Å². The lowest BCUT2D eigenvalue weighted by Crippen LogP contribution is -2.44. The van der Waals surface area contributed by atoms with Crippen LogP contribution in [0.25, 0.3) is 0 Å². The molecule has 1 N–H and O–H groups in total. The molecule has 0 aromatic heterocycles. The van der Waals surface area contributed by atoms with E-state index in [9.17, 15) is 5.11 Å². The molecule has 1 rings (SSSR count). The fourth-order valence-corrected chi connectivity index (χ4v) is 2.80. The minimum Gasteiger partial charge on any atom is -0.393 e. The summed E-state index contributed by atoms with van der Waals surface area (Å²) in [5.74, 6) is 0. The Bertz CT molecular complexity index is 242. The number of piperazine rings is 1. The average molecular weight is 284 g/mol.